The highest BCUT2D eigenvalue weighted by molar-refractivity contribution is 9.09. The Bertz CT molecular complexity index is 445. The van der Waals surface area contributed by atoms with E-state index in [9.17, 15) is 8.42 Å². The average Bonchev–Trinajstić information content (AvgIpc) is 2.27. The van der Waals surface area contributed by atoms with E-state index in [2.05, 4.69) is 34.5 Å². The van der Waals surface area contributed by atoms with Gasteiger partial charge in [0.1, 0.15) is 0 Å². The van der Waals surface area contributed by atoms with E-state index in [1.54, 1.807) is 0 Å². The zero-order valence-electron chi connectivity index (χ0n) is 10.8. The molecule has 0 bridgehead atoms. The number of sulfonamides is 1. The van der Waals surface area contributed by atoms with Crippen LogP contribution in [-0.4, -0.2) is 19.8 Å². The van der Waals surface area contributed by atoms with Gasteiger partial charge in [0.25, 0.3) is 0 Å². The Morgan fingerprint density at radius 1 is 1.22 bits per heavy atom. The second-order valence-corrected chi connectivity index (χ2v) is 7.24. The molecule has 0 saturated carbocycles. The summed E-state index contributed by atoms with van der Waals surface area (Å²) < 4.78 is 26.8. The molecule has 18 heavy (non-hydrogen) atoms. The summed E-state index contributed by atoms with van der Waals surface area (Å²) in [6.45, 7) is 4.17. The number of hydrogen-bond acceptors (Lipinski definition) is 2. The van der Waals surface area contributed by atoms with Gasteiger partial charge in [-0.25, -0.2) is 13.1 Å². The Morgan fingerprint density at radius 3 is 2.33 bits per heavy atom. The summed E-state index contributed by atoms with van der Waals surface area (Å²) in [7, 11) is -3.27. The van der Waals surface area contributed by atoms with Crippen molar-refractivity contribution in [3.8, 4) is 0 Å². The largest absolute Gasteiger partial charge is 0.216 e. The zero-order chi connectivity index (χ0) is 13.6. The first kappa shape index (κ1) is 15.7. The third kappa shape index (κ3) is 5.98. The quantitative estimate of drug-likeness (QED) is 0.780. The van der Waals surface area contributed by atoms with E-state index >= 15 is 0 Å². The van der Waals surface area contributed by atoms with Gasteiger partial charge in [-0.05, 0) is 17.9 Å². The van der Waals surface area contributed by atoms with E-state index in [0.29, 0.717) is 11.2 Å². The van der Waals surface area contributed by atoms with E-state index in [-0.39, 0.29) is 11.8 Å². The third-order valence-electron chi connectivity index (χ3n) is 2.49. The van der Waals surface area contributed by atoms with Crippen LogP contribution in [0.25, 0.3) is 0 Å². The van der Waals surface area contributed by atoms with Crippen molar-refractivity contribution in [3.63, 3.8) is 0 Å². The highest BCUT2D eigenvalue weighted by atomic mass is 79.9. The second kappa shape index (κ2) is 7.26. The first-order valence-corrected chi connectivity index (χ1v) is 8.80. The van der Waals surface area contributed by atoms with Gasteiger partial charge in [-0.3, -0.25) is 0 Å². The molecular weight excluding hydrogens is 314 g/mol. The van der Waals surface area contributed by atoms with Crippen molar-refractivity contribution in [2.45, 2.75) is 32.1 Å². The van der Waals surface area contributed by atoms with E-state index in [1.165, 1.54) is 0 Å². The molecule has 1 N–H and O–H groups in total. The van der Waals surface area contributed by atoms with Crippen molar-refractivity contribution in [2.75, 3.05) is 5.33 Å². The number of hydrogen-bond donors (Lipinski definition) is 1. The molecule has 0 fully saturated rings. The van der Waals surface area contributed by atoms with Gasteiger partial charge in [-0.15, -0.1) is 0 Å². The number of alkyl halides is 1. The molecule has 0 aliphatic rings. The van der Waals surface area contributed by atoms with Crippen LogP contribution in [0.4, 0.5) is 0 Å². The molecular formula is C13H20BrNO2S. The molecule has 0 heterocycles. The molecule has 0 saturated heterocycles. The number of nitrogens with one attached hydrogen (secondary N) is 1. The molecule has 0 radical (unpaired) electrons. The van der Waals surface area contributed by atoms with Gasteiger partial charge in [0.05, 0.1) is 5.75 Å². The van der Waals surface area contributed by atoms with Gasteiger partial charge in [-0.1, -0.05) is 60.1 Å². The van der Waals surface area contributed by atoms with E-state index < -0.39 is 10.0 Å². The molecule has 1 unspecified atom stereocenters. The van der Waals surface area contributed by atoms with Crippen LogP contribution >= 0.6 is 15.9 Å². The molecule has 3 nitrogen and oxygen atoms in total. The Labute approximate surface area is 118 Å². The molecule has 0 spiro atoms. The fraction of sp³-hybridized carbons (Fsp3) is 0.538. The molecule has 5 heteroatoms. The van der Waals surface area contributed by atoms with Gasteiger partial charge in [0.2, 0.25) is 10.0 Å². The van der Waals surface area contributed by atoms with Gasteiger partial charge in [0, 0.05) is 11.4 Å². The van der Waals surface area contributed by atoms with Gasteiger partial charge < -0.3 is 0 Å². The lowest BCUT2D eigenvalue weighted by molar-refractivity contribution is 0.488. The summed E-state index contributed by atoms with van der Waals surface area (Å²) in [4.78, 5) is 0. The molecule has 0 aromatic heterocycles. The minimum atomic E-state index is -3.27. The zero-order valence-corrected chi connectivity index (χ0v) is 13.2. The van der Waals surface area contributed by atoms with Crippen LogP contribution in [0.5, 0.6) is 0 Å². The number of rotatable bonds is 7. The second-order valence-electron chi connectivity index (χ2n) is 4.84. The Balaban J connectivity index is 2.64. The third-order valence-corrected chi connectivity index (χ3v) is 4.68. The SMILES string of the molecule is CC(C)CC(CBr)NS(=O)(=O)Cc1ccccc1. The minimum absolute atomic E-state index is 0.0371. The van der Waals surface area contributed by atoms with E-state index in [0.717, 1.165) is 12.0 Å². The molecule has 102 valence electrons. The van der Waals surface area contributed by atoms with Crippen molar-refractivity contribution in [1.29, 1.82) is 0 Å². The van der Waals surface area contributed by atoms with Crippen LogP contribution in [0, 0.1) is 5.92 Å². The maximum atomic E-state index is 12.0. The van der Waals surface area contributed by atoms with E-state index in [1.807, 2.05) is 30.3 Å². The first-order valence-electron chi connectivity index (χ1n) is 6.03. The van der Waals surface area contributed by atoms with Crippen LogP contribution in [-0.2, 0) is 15.8 Å². The lowest BCUT2D eigenvalue weighted by Crippen LogP contribution is -2.37. The van der Waals surface area contributed by atoms with Crippen LogP contribution in [0.3, 0.4) is 0 Å². The Kier molecular flexibility index (Phi) is 6.32. The highest BCUT2D eigenvalue weighted by Crippen LogP contribution is 2.10. The molecule has 0 aliphatic carbocycles. The van der Waals surface area contributed by atoms with Crippen molar-refractivity contribution in [1.82, 2.24) is 4.72 Å². The molecule has 1 atom stereocenters. The standard InChI is InChI=1S/C13H20BrNO2S/c1-11(2)8-13(9-14)15-18(16,17)10-12-6-4-3-5-7-12/h3-7,11,13,15H,8-10H2,1-2H3. The van der Waals surface area contributed by atoms with Crippen LogP contribution in [0.2, 0.25) is 0 Å². The van der Waals surface area contributed by atoms with Crippen molar-refractivity contribution in [2.24, 2.45) is 5.92 Å². The molecule has 0 amide bonds. The summed E-state index contributed by atoms with van der Waals surface area (Å²) in [6.07, 6.45) is 0.833. The van der Waals surface area contributed by atoms with Crippen molar-refractivity contribution >= 4 is 26.0 Å². The normalized spacial score (nSPS) is 13.8. The number of halogens is 1. The summed E-state index contributed by atoms with van der Waals surface area (Å²) in [5, 5.41) is 0.638. The number of benzene rings is 1. The monoisotopic (exact) mass is 333 g/mol. The summed E-state index contributed by atoms with van der Waals surface area (Å²) >= 11 is 3.36. The van der Waals surface area contributed by atoms with E-state index in [4.69, 9.17) is 0 Å². The lowest BCUT2D eigenvalue weighted by Gasteiger charge is -2.18. The van der Waals surface area contributed by atoms with Crippen molar-refractivity contribution < 1.29 is 8.42 Å². The summed E-state index contributed by atoms with van der Waals surface area (Å²) in [5.41, 5.74) is 0.808. The molecule has 1 aromatic carbocycles. The minimum Gasteiger partial charge on any atom is -0.212 e. The lowest BCUT2D eigenvalue weighted by atomic mass is 10.1. The van der Waals surface area contributed by atoms with Gasteiger partial charge in [0.15, 0.2) is 0 Å². The maximum Gasteiger partial charge on any atom is 0.216 e. The summed E-state index contributed by atoms with van der Waals surface area (Å²) in [5.74, 6) is 0.502. The fourth-order valence-electron chi connectivity index (χ4n) is 1.80. The Morgan fingerprint density at radius 2 is 1.83 bits per heavy atom. The predicted octanol–water partition coefficient (Wildman–Crippen LogP) is 2.92. The predicted molar refractivity (Wildman–Crippen MR) is 79.2 cm³/mol. The first-order chi connectivity index (χ1) is 8.43. The summed E-state index contributed by atoms with van der Waals surface area (Å²) in [6, 6.07) is 9.18. The average molecular weight is 334 g/mol. The molecule has 1 rings (SSSR count). The van der Waals surface area contributed by atoms with Crippen molar-refractivity contribution in [3.05, 3.63) is 35.9 Å². The maximum absolute atomic E-state index is 12.0. The topological polar surface area (TPSA) is 46.2 Å². The molecule has 1 aromatic rings. The van der Waals surface area contributed by atoms with Crippen LogP contribution < -0.4 is 4.72 Å². The fourth-order valence-corrected chi connectivity index (χ4v) is 3.84. The smallest absolute Gasteiger partial charge is 0.212 e. The van der Waals surface area contributed by atoms with Gasteiger partial charge in [-0.2, -0.15) is 0 Å². The Hall–Kier alpha value is -0.390. The van der Waals surface area contributed by atoms with Crippen LogP contribution in [0.1, 0.15) is 25.8 Å². The highest BCUT2D eigenvalue weighted by Gasteiger charge is 2.18. The van der Waals surface area contributed by atoms with Gasteiger partial charge >= 0.3 is 0 Å². The molecule has 0 aliphatic heterocycles. The van der Waals surface area contributed by atoms with Crippen LogP contribution in [0.15, 0.2) is 30.3 Å².